The van der Waals surface area contributed by atoms with Crippen LogP contribution in [0.2, 0.25) is 5.02 Å². The molecule has 3 aromatic heterocycles. The highest BCUT2D eigenvalue weighted by Crippen LogP contribution is 2.39. The molecule has 0 fully saturated rings. The molecule has 148 valence electrons. The first kappa shape index (κ1) is 18.4. The number of hydrogen-bond donors (Lipinski definition) is 1. The summed E-state index contributed by atoms with van der Waals surface area (Å²) in [6.07, 6.45) is 4.63. The third kappa shape index (κ3) is 2.84. The lowest BCUT2D eigenvalue weighted by Gasteiger charge is -2.20. The van der Waals surface area contributed by atoms with E-state index in [1.54, 1.807) is 24.7 Å². The molecule has 0 bridgehead atoms. The van der Waals surface area contributed by atoms with Crippen LogP contribution in [0.3, 0.4) is 0 Å². The minimum absolute atomic E-state index is 0.258. The smallest absolute Gasteiger partial charge is 0.165 e. The number of aromatic nitrogens is 6. The highest BCUT2D eigenvalue weighted by Gasteiger charge is 2.22. The van der Waals surface area contributed by atoms with Crippen molar-refractivity contribution in [3.8, 4) is 11.1 Å². The van der Waals surface area contributed by atoms with Crippen LogP contribution < -0.4 is 5.73 Å². The van der Waals surface area contributed by atoms with E-state index in [0.29, 0.717) is 33.1 Å². The van der Waals surface area contributed by atoms with Crippen LogP contribution in [-0.2, 0) is 0 Å². The Morgan fingerprint density at radius 2 is 1.97 bits per heavy atom. The van der Waals surface area contributed by atoms with Crippen molar-refractivity contribution >= 4 is 39.5 Å². The molecule has 0 saturated heterocycles. The van der Waals surface area contributed by atoms with E-state index >= 15 is 0 Å². The summed E-state index contributed by atoms with van der Waals surface area (Å²) >= 11 is 6.59. The summed E-state index contributed by atoms with van der Waals surface area (Å²) < 4.78 is 16.0. The van der Waals surface area contributed by atoms with Gasteiger partial charge in [0, 0.05) is 10.9 Å². The molecular formula is C21H15ClFN7. The minimum Gasteiger partial charge on any atom is -0.382 e. The van der Waals surface area contributed by atoms with Crippen LogP contribution in [0.5, 0.6) is 0 Å². The second-order valence-corrected chi connectivity index (χ2v) is 7.29. The average molecular weight is 420 g/mol. The maximum Gasteiger partial charge on any atom is 0.165 e. The number of nitrogens with two attached hydrogens (primary N) is 1. The predicted octanol–water partition coefficient (Wildman–Crippen LogP) is 4.42. The predicted molar refractivity (Wildman–Crippen MR) is 113 cm³/mol. The molecule has 30 heavy (non-hydrogen) atoms. The molecule has 7 nitrogen and oxygen atoms in total. The topological polar surface area (TPSA) is 95.4 Å². The zero-order chi connectivity index (χ0) is 20.8. The highest BCUT2D eigenvalue weighted by molar-refractivity contribution is 6.36. The first-order valence-electron chi connectivity index (χ1n) is 9.17. The van der Waals surface area contributed by atoms with E-state index in [2.05, 4.69) is 25.1 Å². The molecule has 0 aliphatic carbocycles. The number of nitrogens with zero attached hydrogens (tertiary/aromatic N) is 6. The molecule has 2 aromatic carbocycles. The Hall–Kier alpha value is -3.65. The number of fused-ring (bicyclic) bond motifs is 2. The fourth-order valence-electron chi connectivity index (χ4n) is 3.71. The van der Waals surface area contributed by atoms with Crippen LogP contribution in [0, 0.1) is 5.82 Å². The molecule has 0 spiro atoms. The number of hydrogen-bond acceptors (Lipinski definition) is 6. The van der Waals surface area contributed by atoms with Crippen LogP contribution in [0.1, 0.15) is 18.5 Å². The average Bonchev–Trinajstić information content (AvgIpc) is 3.19. The molecule has 0 aliphatic heterocycles. The fraction of sp³-hybridized carbons (Fsp3) is 0.0952. The molecule has 0 unspecified atom stereocenters. The molecule has 9 heteroatoms. The van der Waals surface area contributed by atoms with E-state index < -0.39 is 0 Å². The Labute approximate surface area is 175 Å². The largest absolute Gasteiger partial charge is 0.382 e. The first-order valence-corrected chi connectivity index (χ1v) is 9.55. The van der Waals surface area contributed by atoms with Crippen molar-refractivity contribution < 1.29 is 4.39 Å². The summed E-state index contributed by atoms with van der Waals surface area (Å²) in [6, 6.07) is 9.78. The van der Waals surface area contributed by atoms with Crippen LogP contribution in [0.25, 0.3) is 33.2 Å². The van der Waals surface area contributed by atoms with Crippen LogP contribution in [0.15, 0.2) is 55.2 Å². The van der Waals surface area contributed by atoms with Crippen molar-refractivity contribution in [1.82, 2.24) is 29.7 Å². The number of anilines is 1. The van der Waals surface area contributed by atoms with E-state index in [0.717, 1.165) is 16.5 Å². The Kier molecular flexibility index (Phi) is 4.29. The summed E-state index contributed by atoms with van der Waals surface area (Å²) in [5, 5.41) is 9.62. The van der Waals surface area contributed by atoms with Gasteiger partial charge in [-0.2, -0.15) is 5.10 Å². The normalized spacial score (nSPS) is 12.5. The van der Waals surface area contributed by atoms with Gasteiger partial charge in [-0.15, -0.1) is 5.10 Å². The van der Waals surface area contributed by atoms with Crippen molar-refractivity contribution in [2.75, 3.05) is 5.73 Å². The summed E-state index contributed by atoms with van der Waals surface area (Å²) in [6.45, 7) is 1.98. The molecule has 0 aliphatic rings. The molecule has 0 amide bonds. The van der Waals surface area contributed by atoms with E-state index in [9.17, 15) is 4.39 Å². The van der Waals surface area contributed by atoms with Gasteiger partial charge >= 0.3 is 0 Å². The minimum atomic E-state index is -0.341. The molecule has 5 rings (SSSR count). The Balaban J connectivity index is 1.82. The summed E-state index contributed by atoms with van der Waals surface area (Å²) in [5.74, 6) is -0.0367. The number of imidazole rings is 1. The van der Waals surface area contributed by atoms with Gasteiger partial charge in [0.1, 0.15) is 23.2 Å². The third-order valence-electron chi connectivity index (χ3n) is 5.15. The zero-order valence-electron chi connectivity index (χ0n) is 15.8. The Bertz CT molecular complexity index is 1420. The van der Waals surface area contributed by atoms with E-state index in [1.807, 2.05) is 23.6 Å². The van der Waals surface area contributed by atoms with Crippen molar-refractivity contribution in [1.29, 1.82) is 0 Å². The van der Waals surface area contributed by atoms with E-state index in [1.165, 1.54) is 18.5 Å². The van der Waals surface area contributed by atoms with Gasteiger partial charge in [0.25, 0.3) is 0 Å². The van der Waals surface area contributed by atoms with Gasteiger partial charge < -0.3 is 10.3 Å². The maximum absolute atomic E-state index is 14.1. The van der Waals surface area contributed by atoms with Crippen LogP contribution in [0.4, 0.5) is 10.2 Å². The standard InChI is InChI=1S/C21H15ClFN7/c1-11(30-10-27-19-20(24)25-9-26-21(19)30)15-8-16(22)14-5-6-28-29-18(14)17(15)12-3-2-4-13(23)7-12/h2-11H,1H3,(H2,24,25,26)/t11-/m0/s1. The van der Waals surface area contributed by atoms with Gasteiger partial charge in [0.05, 0.1) is 23.6 Å². The third-order valence-corrected chi connectivity index (χ3v) is 5.47. The summed E-state index contributed by atoms with van der Waals surface area (Å²) in [5.41, 5.74) is 9.90. The Morgan fingerprint density at radius 1 is 1.10 bits per heavy atom. The molecule has 1 atom stereocenters. The zero-order valence-corrected chi connectivity index (χ0v) is 16.5. The van der Waals surface area contributed by atoms with Crippen LogP contribution in [-0.4, -0.2) is 29.7 Å². The summed E-state index contributed by atoms with van der Waals surface area (Å²) in [4.78, 5) is 12.7. The van der Waals surface area contributed by atoms with Gasteiger partial charge in [0.15, 0.2) is 11.5 Å². The van der Waals surface area contributed by atoms with Gasteiger partial charge in [-0.05, 0) is 42.3 Å². The van der Waals surface area contributed by atoms with Crippen LogP contribution >= 0.6 is 11.6 Å². The monoisotopic (exact) mass is 419 g/mol. The molecule has 0 radical (unpaired) electrons. The van der Waals surface area contributed by atoms with Crippen molar-refractivity contribution in [2.45, 2.75) is 13.0 Å². The van der Waals surface area contributed by atoms with Gasteiger partial charge in [0.2, 0.25) is 0 Å². The molecule has 0 saturated carbocycles. The number of benzene rings is 2. The highest BCUT2D eigenvalue weighted by atomic mass is 35.5. The van der Waals surface area contributed by atoms with Gasteiger partial charge in [-0.1, -0.05) is 23.7 Å². The second kappa shape index (κ2) is 7.00. The number of rotatable bonds is 3. The Morgan fingerprint density at radius 3 is 2.80 bits per heavy atom. The lowest BCUT2D eigenvalue weighted by molar-refractivity contribution is 0.628. The molecule has 2 N–H and O–H groups in total. The van der Waals surface area contributed by atoms with Gasteiger partial charge in [-0.3, -0.25) is 0 Å². The maximum atomic E-state index is 14.1. The first-order chi connectivity index (χ1) is 14.5. The molecule has 3 heterocycles. The second-order valence-electron chi connectivity index (χ2n) is 6.89. The fourth-order valence-corrected chi connectivity index (χ4v) is 3.98. The number of halogens is 2. The lowest BCUT2D eigenvalue weighted by Crippen LogP contribution is -2.09. The SMILES string of the molecule is C[C@@H](c1cc(Cl)c2ccnnc2c1-c1cccc(F)c1)n1cnc2c(N)ncnc21. The van der Waals surface area contributed by atoms with Crippen molar-refractivity contribution in [2.24, 2.45) is 0 Å². The van der Waals surface area contributed by atoms with Crippen molar-refractivity contribution in [3.05, 3.63) is 71.7 Å². The van der Waals surface area contributed by atoms with E-state index in [4.69, 9.17) is 17.3 Å². The quantitative estimate of drug-likeness (QED) is 0.465. The number of nitrogen functional groups attached to an aromatic ring is 1. The van der Waals surface area contributed by atoms with Crippen molar-refractivity contribution in [3.63, 3.8) is 0 Å². The summed E-state index contributed by atoms with van der Waals surface area (Å²) in [7, 11) is 0. The van der Waals surface area contributed by atoms with E-state index in [-0.39, 0.29) is 11.9 Å². The molecular weight excluding hydrogens is 405 g/mol. The molecule has 5 aromatic rings. The van der Waals surface area contributed by atoms with Gasteiger partial charge in [-0.25, -0.2) is 19.3 Å². The lowest BCUT2D eigenvalue weighted by atomic mass is 9.92.